The minimum atomic E-state index is -3.62. The molecule has 0 saturated carbocycles. The molecule has 0 bridgehead atoms. The SMILES string of the molecule is COc1ccccc1N1CCN(C(=O)CNS(=O)(=O)c2cccs2)CC1. The summed E-state index contributed by atoms with van der Waals surface area (Å²) in [6.07, 6.45) is 0. The molecule has 0 radical (unpaired) electrons. The lowest BCUT2D eigenvalue weighted by molar-refractivity contribution is -0.130. The first kappa shape index (κ1) is 18.7. The van der Waals surface area contributed by atoms with Crippen LogP contribution in [-0.2, 0) is 14.8 Å². The summed E-state index contributed by atoms with van der Waals surface area (Å²) >= 11 is 1.12. The van der Waals surface area contributed by atoms with Gasteiger partial charge in [0.25, 0.3) is 10.0 Å². The van der Waals surface area contributed by atoms with Crippen molar-refractivity contribution in [3.8, 4) is 5.75 Å². The molecule has 0 unspecified atom stereocenters. The molecule has 1 aromatic carbocycles. The summed E-state index contributed by atoms with van der Waals surface area (Å²) in [5.41, 5.74) is 1.00. The first-order chi connectivity index (χ1) is 12.5. The molecule has 140 valence electrons. The van der Waals surface area contributed by atoms with E-state index >= 15 is 0 Å². The molecule has 1 aliphatic heterocycles. The fourth-order valence-electron chi connectivity index (χ4n) is 2.84. The number of nitrogens with zero attached hydrogens (tertiary/aromatic N) is 2. The molecule has 0 atom stereocenters. The fourth-order valence-corrected chi connectivity index (χ4v) is 4.86. The van der Waals surface area contributed by atoms with E-state index in [1.54, 1.807) is 23.5 Å². The number of amides is 1. The van der Waals surface area contributed by atoms with Gasteiger partial charge in [0, 0.05) is 26.2 Å². The monoisotopic (exact) mass is 395 g/mol. The number of hydrogen-bond acceptors (Lipinski definition) is 6. The minimum absolute atomic E-state index is 0.214. The van der Waals surface area contributed by atoms with Crippen LogP contribution in [0.15, 0.2) is 46.0 Å². The first-order valence-electron chi connectivity index (χ1n) is 8.20. The maximum Gasteiger partial charge on any atom is 0.250 e. The second-order valence-electron chi connectivity index (χ2n) is 5.80. The average Bonchev–Trinajstić information content (AvgIpc) is 3.22. The number of hydrogen-bond donors (Lipinski definition) is 1. The van der Waals surface area contributed by atoms with Crippen LogP contribution in [-0.4, -0.2) is 59.1 Å². The number of carbonyl (C=O) groups excluding carboxylic acids is 1. The zero-order chi connectivity index (χ0) is 18.6. The molecule has 1 aliphatic rings. The summed E-state index contributed by atoms with van der Waals surface area (Å²) < 4.78 is 32.2. The van der Waals surface area contributed by atoms with Crippen molar-refractivity contribution in [3.63, 3.8) is 0 Å². The van der Waals surface area contributed by atoms with Crippen LogP contribution in [0, 0.1) is 0 Å². The molecule has 2 heterocycles. The maximum absolute atomic E-state index is 12.3. The van der Waals surface area contributed by atoms with Crippen LogP contribution in [0.2, 0.25) is 0 Å². The third-order valence-electron chi connectivity index (χ3n) is 4.23. The van der Waals surface area contributed by atoms with E-state index in [0.717, 1.165) is 22.8 Å². The minimum Gasteiger partial charge on any atom is -0.495 e. The zero-order valence-electron chi connectivity index (χ0n) is 14.4. The van der Waals surface area contributed by atoms with E-state index in [-0.39, 0.29) is 16.7 Å². The Hall–Kier alpha value is -2.10. The largest absolute Gasteiger partial charge is 0.495 e. The molecular formula is C17H21N3O4S2. The molecule has 1 N–H and O–H groups in total. The summed E-state index contributed by atoms with van der Waals surface area (Å²) in [5.74, 6) is 0.584. The number of piperazine rings is 1. The van der Waals surface area contributed by atoms with Crippen LogP contribution in [0.4, 0.5) is 5.69 Å². The number of sulfonamides is 1. The van der Waals surface area contributed by atoms with Crippen molar-refractivity contribution in [2.24, 2.45) is 0 Å². The second-order valence-corrected chi connectivity index (χ2v) is 8.74. The van der Waals surface area contributed by atoms with Crippen molar-refractivity contribution < 1.29 is 17.9 Å². The van der Waals surface area contributed by atoms with Gasteiger partial charge in [0.15, 0.2) is 0 Å². The van der Waals surface area contributed by atoms with Crippen molar-refractivity contribution in [2.75, 3.05) is 44.7 Å². The van der Waals surface area contributed by atoms with Crippen molar-refractivity contribution in [1.82, 2.24) is 9.62 Å². The van der Waals surface area contributed by atoms with Crippen LogP contribution < -0.4 is 14.4 Å². The number of ether oxygens (including phenoxy) is 1. The summed E-state index contributed by atoms with van der Waals surface area (Å²) in [4.78, 5) is 16.2. The Labute approximate surface area is 157 Å². The molecule has 9 heteroatoms. The van der Waals surface area contributed by atoms with E-state index in [1.165, 1.54) is 6.07 Å². The van der Waals surface area contributed by atoms with Crippen molar-refractivity contribution in [3.05, 3.63) is 41.8 Å². The highest BCUT2D eigenvalue weighted by Crippen LogP contribution is 2.28. The van der Waals surface area contributed by atoms with Gasteiger partial charge in [0.05, 0.1) is 19.3 Å². The lowest BCUT2D eigenvalue weighted by Crippen LogP contribution is -2.51. The van der Waals surface area contributed by atoms with E-state index in [4.69, 9.17) is 4.74 Å². The highest BCUT2D eigenvalue weighted by Gasteiger charge is 2.24. The molecule has 1 aromatic heterocycles. The molecule has 0 aliphatic carbocycles. The highest BCUT2D eigenvalue weighted by molar-refractivity contribution is 7.91. The van der Waals surface area contributed by atoms with Gasteiger partial charge in [-0.25, -0.2) is 13.1 Å². The molecule has 1 amide bonds. The molecular weight excluding hydrogens is 374 g/mol. The van der Waals surface area contributed by atoms with Gasteiger partial charge in [-0.3, -0.25) is 4.79 Å². The normalized spacial score (nSPS) is 15.1. The first-order valence-corrected chi connectivity index (χ1v) is 10.6. The number of methoxy groups -OCH3 is 1. The van der Waals surface area contributed by atoms with E-state index in [1.807, 2.05) is 24.3 Å². The van der Waals surface area contributed by atoms with Crippen LogP contribution >= 0.6 is 11.3 Å². The number of carbonyl (C=O) groups is 1. The van der Waals surface area contributed by atoms with Gasteiger partial charge in [0.2, 0.25) is 5.91 Å². The standard InChI is InChI=1S/C17H21N3O4S2/c1-24-15-6-3-2-5-14(15)19-8-10-20(11-9-19)16(21)13-18-26(22,23)17-7-4-12-25-17/h2-7,12,18H,8-11,13H2,1H3. The highest BCUT2D eigenvalue weighted by atomic mass is 32.2. The zero-order valence-corrected chi connectivity index (χ0v) is 16.1. The molecule has 1 saturated heterocycles. The number of benzene rings is 1. The van der Waals surface area contributed by atoms with Gasteiger partial charge >= 0.3 is 0 Å². The van der Waals surface area contributed by atoms with Gasteiger partial charge in [-0.2, -0.15) is 0 Å². The van der Waals surface area contributed by atoms with Gasteiger partial charge in [-0.1, -0.05) is 18.2 Å². The van der Waals surface area contributed by atoms with Gasteiger partial charge in [-0.15, -0.1) is 11.3 Å². The van der Waals surface area contributed by atoms with Crippen LogP contribution in [0.3, 0.4) is 0 Å². The Morgan fingerprint density at radius 2 is 1.88 bits per heavy atom. The maximum atomic E-state index is 12.3. The Kier molecular flexibility index (Phi) is 5.80. The van der Waals surface area contributed by atoms with E-state index < -0.39 is 10.0 Å². The summed E-state index contributed by atoms with van der Waals surface area (Å²) in [5, 5.41) is 1.69. The smallest absolute Gasteiger partial charge is 0.250 e. The van der Waals surface area contributed by atoms with Crippen LogP contribution in [0.25, 0.3) is 0 Å². The number of para-hydroxylation sites is 2. The number of rotatable bonds is 6. The Morgan fingerprint density at radius 1 is 1.15 bits per heavy atom. The summed E-state index contributed by atoms with van der Waals surface area (Å²) in [6, 6.07) is 11.0. The van der Waals surface area contributed by atoms with E-state index in [0.29, 0.717) is 26.2 Å². The summed E-state index contributed by atoms with van der Waals surface area (Å²) in [7, 11) is -1.98. The van der Waals surface area contributed by atoms with Gasteiger partial charge in [0.1, 0.15) is 9.96 Å². The molecule has 2 aromatic rings. The molecule has 26 heavy (non-hydrogen) atoms. The van der Waals surface area contributed by atoms with Crippen molar-refractivity contribution in [2.45, 2.75) is 4.21 Å². The van der Waals surface area contributed by atoms with Gasteiger partial charge < -0.3 is 14.5 Å². The third-order valence-corrected chi connectivity index (χ3v) is 7.03. The molecule has 7 nitrogen and oxygen atoms in total. The average molecular weight is 396 g/mol. The number of thiophene rings is 1. The van der Waals surface area contributed by atoms with Crippen LogP contribution in [0.5, 0.6) is 5.75 Å². The Balaban J connectivity index is 1.54. The predicted molar refractivity (Wildman–Crippen MR) is 101 cm³/mol. The quantitative estimate of drug-likeness (QED) is 0.800. The topological polar surface area (TPSA) is 79.0 Å². The van der Waals surface area contributed by atoms with Crippen molar-refractivity contribution >= 4 is 33.0 Å². The van der Waals surface area contributed by atoms with E-state index in [9.17, 15) is 13.2 Å². The van der Waals surface area contributed by atoms with E-state index in [2.05, 4.69) is 9.62 Å². The lowest BCUT2D eigenvalue weighted by atomic mass is 10.2. The fraction of sp³-hybridized carbons (Fsp3) is 0.353. The lowest BCUT2D eigenvalue weighted by Gasteiger charge is -2.36. The van der Waals surface area contributed by atoms with Crippen molar-refractivity contribution in [1.29, 1.82) is 0 Å². The summed E-state index contributed by atoms with van der Waals surface area (Å²) in [6.45, 7) is 2.19. The third kappa shape index (κ3) is 4.17. The predicted octanol–water partition coefficient (Wildman–Crippen LogP) is 1.38. The molecule has 1 fully saturated rings. The Morgan fingerprint density at radius 3 is 2.54 bits per heavy atom. The molecule has 0 spiro atoms. The van der Waals surface area contributed by atoms with Crippen LogP contribution in [0.1, 0.15) is 0 Å². The number of anilines is 1. The molecule has 3 rings (SSSR count). The second kappa shape index (κ2) is 8.07. The number of nitrogens with one attached hydrogen (secondary N) is 1. The van der Waals surface area contributed by atoms with Gasteiger partial charge in [-0.05, 0) is 23.6 Å². The Bertz CT molecular complexity index is 845.